The fourth-order valence-corrected chi connectivity index (χ4v) is 2.13. The van der Waals surface area contributed by atoms with E-state index in [4.69, 9.17) is 14.2 Å². The number of aldehydes is 1. The van der Waals surface area contributed by atoms with Gasteiger partial charge in [0.15, 0.2) is 6.29 Å². The first kappa shape index (κ1) is 19.0. The predicted molar refractivity (Wildman–Crippen MR) is 88.3 cm³/mol. The topological polar surface area (TPSA) is 61.8 Å². The van der Waals surface area contributed by atoms with E-state index in [9.17, 15) is 9.59 Å². The number of hydrogen-bond donors (Lipinski definition) is 0. The molecule has 1 aromatic carbocycles. The molecule has 0 aliphatic rings. The van der Waals surface area contributed by atoms with Crippen LogP contribution >= 0.6 is 0 Å². The van der Waals surface area contributed by atoms with Crippen molar-refractivity contribution >= 4 is 12.3 Å². The molecule has 0 unspecified atom stereocenters. The third-order valence-electron chi connectivity index (χ3n) is 3.30. The molecule has 0 radical (unpaired) electrons. The van der Waals surface area contributed by atoms with Gasteiger partial charge in [0, 0.05) is 12.0 Å². The number of rotatable bonds is 11. The SMILES string of the molecule is CCCOc1ccc(C=O)c(OCCCCC(=O)OCC)c1C. The summed E-state index contributed by atoms with van der Waals surface area (Å²) in [6.07, 6.45) is 3.50. The van der Waals surface area contributed by atoms with Crippen molar-refractivity contribution in [1.29, 1.82) is 0 Å². The second kappa shape index (κ2) is 10.6. The first-order valence-corrected chi connectivity index (χ1v) is 8.14. The molecule has 0 aliphatic carbocycles. The molecule has 0 N–H and O–H groups in total. The number of hydrogen-bond acceptors (Lipinski definition) is 5. The van der Waals surface area contributed by atoms with Crippen LogP contribution in [0.3, 0.4) is 0 Å². The lowest BCUT2D eigenvalue weighted by atomic mass is 10.1. The van der Waals surface area contributed by atoms with Gasteiger partial charge < -0.3 is 14.2 Å². The molecule has 0 aromatic heterocycles. The van der Waals surface area contributed by atoms with E-state index in [1.807, 2.05) is 13.8 Å². The van der Waals surface area contributed by atoms with Gasteiger partial charge in [0.1, 0.15) is 11.5 Å². The van der Waals surface area contributed by atoms with Gasteiger partial charge in [0.25, 0.3) is 0 Å². The highest BCUT2D eigenvalue weighted by Gasteiger charge is 2.12. The zero-order chi connectivity index (χ0) is 17.1. The van der Waals surface area contributed by atoms with Crippen LogP contribution in [0.5, 0.6) is 11.5 Å². The molecule has 1 rings (SSSR count). The molecular formula is C18H26O5. The molecule has 0 atom stereocenters. The summed E-state index contributed by atoms with van der Waals surface area (Å²) in [5.74, 6) is 1.11. The highest BCUT2D eigenvalue weighted by molar-refractivity contribution is 5.81. The maximum Gasteiger partial charge on any atom is 0.305 e. The Morgan fingerprint density at radius 2 is 1.91 bits per heavy atom. The minimum Gasteiger partial charge on any atom is -0.493 e. The fourth-order valence-electron chi connectivity index (χ4n) is 2.13. The Labute approximate surface area is 137 Å². The molecule has 5 heteroatoms. The minimum absolute atomic E-state index is 0.188. The first-order chi connectivity index (χ1) is 11.1. The van der Waals surface area contributed by atoms with E-state index in [-0.39, 0.29) is 5.97 Å². The number of benzene rings is 1. The number of carbonyl (C=O) groups excluding carboxylic acids is 2. The van der Waals surface area contributed by atoms with Gasteiger partial charge >= 0.3 is 5.97 Å². The van der Waals surface area contributed by atoms with Crippen LogP contribution in [0.25, 0.3) is 0 Å². The number of ether oxygens (including phenoxy) is 3. The van der Waals surface area contributed by atoms with Crippen LogP contribution in [0.1, 0.15) is 55.5 Å². The summed E-state index contributed by atoms with van der Waals surface area (Å²) in [5.41, 5.74) is 1.34. The van der Waals surface area contributed by atoms with Gasteiger partial charge in [0.2, 0.25) is 0 Å². The van der Waals surface area contributed by atoms with Crippen LogP contribution < -0.4 is 9.47 Å². The Morgan fingerprint density at radius 3 is 2.57 bits per heavy atom. The molecule has 128 valence electrons. The van der Waals surface area contributed by atoms with Gasteiger partial charge in [-0.05, 0) is 45.2 Å². The Kier molecular flexibility index (Phi) is 8.80. The van der Waals surface area contributed by atoms with Gasteiger partial charge in [-0.1, -0.05) is 6.92 Å². The number of esters is 1. The molecule has 0 saturated heterocycles. The van der Waals surface area contributed by atoms with Crippen LogP contribution in [-0.2, 0) is 9.53 Å². The molecule has 0 heterocycles. The first-order valence-electron chi connectivity index (χ1n) is 8.14. The van der Waals surface area contributed by atoms with Crippen molar-refractivity contribution in [2.24, 2.45) is 0 Å². The zero-order valence-corrected chi connectivity index (χ0v) is 14.2. The van der Waals surface area contributed by atoms with Crippen molar-refractivity contribution in [2.45, 2.75) is 46.5 Å². The maximum atomic E-state index is 11.2. The van der Waals surface area contributed by atoms with E-state index in [1.165, 1.54) is 0 Å². The van der Waals surface area contributed by atoms with Crippen molar-refractivity contribution < 1.29 is 23.8 Å². The summed E-state index contributed by atoms with van der Waals surface area (Å²) in [7, 11) is 0. The Bertz CT molecular complexity index is 510. The van der Waals surface area contributed by atoms with Crippen LogP contribution in [0.2, 0.25) is 0 Å². The van der Waals surface area contributed by atoms with E-state index in [0.29, 0.717) is 44.0 Å². The van der Waals surface area contributed by atoms with E-state index >= 15 is 0 Å². The minimum atomic E-state index is -0.188. The number of unbranched alkanes of at least 4 members (excludes halogenated alkanes) is 1. The second-order valence-corrected chi connectivity index (χ2v) is 5.18. The highest BCUT2D eigenvalue weighted by Crippen LogP contribution is 2.31. The maximum absolute atomic E-state index is 11.2. The third kappa shape index (κ3) is 6.30. The zero-order valence-electron chi connectivity index (χ0n) is 14.2. The lowest BCUT2D eigenvalue weighted by Gasteiger charge is -2.15. The summed E-state index contributed by atoms with van der Waals surface area (Å²) in [5, 5.41) is 0. The highest BCUT2D eigenvalue weighted by atomic mass is 16.5. The van der Waals surface area contributed by atoms with Crippen LogP contribution in [0.15, 0.2) is 12.1 Å². The standard InChI is InChI=1S/C18H26O5/c1-4-11-22-16-10-9-15(13-19)18(14(16)3)23-12-7-6-8-17(20)21-5-2/h9-10,13H,4-8,11-12H2,1-3H3. The van der Waals surface area contributed by atoms with Gasteiger partial charge in [-0.3, -0.25) is 9.59 Å². The van der Waals surface area contributed by atoms with Crippen LogP contribution in [-0.4, -0.2) is 32.1 Å². The molecule has 0 aliphatic heterocycles. The smallest absolute Gasteiger partial charge is 0.305 e. The van der Waals surface area contributed by atoms with E-state index in [1.54, 1.807) is 19.1 Å². The van der Waals surface area contributed by atoms with Crippen molar-refractivity contribution in [3.05, 3.63) is 23.3 Å². The molecule has 0 bridgehead atoms. The predicted octanol–water partition coefficient (Wildman–Crippen LogP) is 3.71. The summed E-state index contributed by atoms with van der Waals surface area (Å²) in [6, 6.07) is 3.50. The van der Waals surface area contributed by atoms with Gasteiger partial charge in [-0.15, -0.1) is 0 Å². The Balaban J connectivity index is 2.57. The van der Waals surface area contributed by atoms with Crippen molar-refractivity contribution in [2.75, 3.05) is 19.8 Å². The monoisotopic (exact) mass is 322 g/mol. The summed E-state index contributed by atoms with van der Waals surface area (Å²) < 4.78 is 16.3. The van der Waals surface area contributed by atoms with Crippen molar-refractivity contribution in [3.8, 4) is 11.5 Å². The lowest BCUT2D eigenvalue weighted by molar-refractivity contribution is -0.143. The summed E-state index contributed by atoms with van der Waals surface area (Å²) in [4.78, 5) is 22.4. The van der Waals surface area contributed by atoms with Crippen molar-refractivity contribution in [3.63, 3.8) is 0 Å². The van der Waals surface area contributed by atoms with Crippen molar-refractivity contribution in [1.82, 2.24) is 0 Å². The van der Waals surface area contributed by atoms with E-state index < -0.39 is 0 Å². The molecule has 5 nitrogen and oxygen atoms in total. The summed E-state index contributed by atoms with van der Waals surface area (Å²) in [6.45, 7) is 7.18. The molecular weight excluding hydrogens is 296 g/mol. The van der Waals surface area contributed by atoms with E-state index in [0.717, 1.165) is 30.4 Å². The Hall–Kier alpha value is -2.04. The van der Waals surface area contributed by atoms with Crippen LogP contribution in [0, 0.1) is 6.92 Å². The van der Waals surface area contributed by atoms with Gasteiger partial charge in [-0.2, -0.15) is 0 Å². The quantitative estimate of drug-likeness (QED) is 0.353. The molecule has 1 aromatic rings. The normalized spacial score (nSPS) is 10.2. The number of carbonyl (C=O) groups is 2. The molecule has 0 fully saturated rings. The summed E-state index contributed by atoms with van der Waals surface area (Å²) >= 11 is 0. The molecule has 0 spiro atoms. The lowest BCUT2D eigenvalue weighted by Crippen LogP contribution is -2.07. The Morgan fingerprint density at radius 1 is 1.13 bits per heavy atom. The van der Waals surface area contributed by atoms with E-state index in [2.05, 4.69) is 0 Å². The van der Waals surface area contributed by atoms with Gasteiger partial charge in [-0.25, -0.2) is 0 Å². The third-order valence-corrected chi connectivity index (χ3v) is 3.30. The molecule has 0 amide bonds. The largest absolute Gasteiger partial charge is 0.493 e. The average Bonchev–Trinajstić information content (AvgIpc) is 2.54. The van der Waals surface area contributed by atoms with Crippen LogP contribution in [0.4, 0.5) is 0 Å². The van der Waals surface area contributed by atoms with Gasteiger partial charge in [0.05, 0.1) is 25.4 Å². The molecule has 0 saturated carbocycles. The fraction of sp³-hybridized carbons (Fsp3) is 0.556. The molecule has 23 heavy (non-hydrogen) atoms. The average molecular weight is 322 g/mol. The second-order valence-electron chi connectivity index (χ2n) is 5.18.